The van der Waals surface area contributed by atoms with Crippen molar-refractivity contribution in [3.63, 3.8) is 0 Å². The fourth-order valence-electron chi connectivity index (χ4n) is 3.52. The smallest absolute Gasteiger partial charge is 0.259 e. The van der Waals surface area contributed by atoms with Crippen molar-refractivity contribution in [2.24, 2.45) is 4.99 Å². The lowest BCUT2D eigenvalue weighted by Gasteiger charge is -2.35. The molecule has 7 heteroatoms. The maximum atomic E-state index is 12.3. The Morgan fingerprint density at radius 1 is 0.906 bits per heavy atom. The third kappa shape index (κ3) is 3.93. The second-order valence-electron chi connectivity index (χ2n) is 7.12. The summed E-state index contributed by atoms with van der Waals surface area (Å²) in [4.78, 5) is 25.9. The van der Waals surface area contributed by atoms with E-state index in [0.717, 1.165) is 11.3 Å². The van der Waals surface area contributed by atoms with Crippen LogP contribution in [0.2, 0.25) is 0 Å². The van der Waals surface area contributed by atoms with Crippen molar-refractivity contribution in [3.05, 3.63) is 113 Å². The van der Waals surface area contributed by atoms with Crippen LogP contribution in [0.25, 0.3) is 17.0 Å². The minimum atomic E-state index is -0.480. The summed E-state index contributed by atoms with van der Waals surface area (Å²) in [7, 11) is 0. The molecule has 3 aromatic carbocycles. The number of aromatic nitrogens is 2. The normalized spacial score (nSPS) is 16.2. The third-order valence-corrected chi connectivity index (χ3v) is 5.30. The Bertz CT molecular complexity index is 1400. The molecule has 0 aliphatic carbocycles. The van der Waals surface area contributed by atoms with Crippen LogP contribution in [0.15, 0.2) is 101 Å². The number of nitrogens with zero attached hydrogens (tertiary/aromatic N) is 3. The Kier molecular flexibility index (Phi) is 5.31. The first-order valence-electron chi connectivity index (χ1n) is 10.0. The topological polar surface area (TPSA) is 70.6 Å². The molecule has 0 fully saturated rings. The predicted octanol–water partition coefficient (Wildman–Crippen LogP) is 4.86. The van der Waals surface area contributed by atoms with Crippen molar-refractivity contribution in [2.75, 3.05) is 4.90 Å². The summed E-state index contributed by atoms with van der Waals surface area (Å²) in [5.41, 5.74) is 2.25. The van der Waals surface area contributed by atoms with E-state index in [1.54, 1.807) is 24.3 Å². The van der Waals surface area contributed by atoms with Crippen LogP contribution >= 0.6 is 12.2 Å². The maximum absolute atomic E-state index is 12.3. The molecule has 156 valence electrons. The summed E-state index contributed by atoms with van der Waals surface area (Å²) in [5.74, 6) is 0.750. The summed E-state index contributed by atoms with van der Waals surface area (Å²) < 4.78 is 6.23. The van der Waals surface area contributed by atoms with Crippen molar-refractivity contribution in [2.45, 2.75) is 6.23 Å². The van der Waals surface area contributed by atoms with E-state index in [1.165, 1.54) is 0 Å². The van der Waals surface area contributed by atoms with E-state index in [9.17, 15) is 4.79 Å². The van der Waals surface area contributed by atoms with E-state index in [4.69, 9.17) is 17.0 Å². The van der Waals surface area contributed by atoms with Crippen LogP contribution in [0.3, 0.4) is 0 Å². The van der Waals surface area contributed by atoms with Gasteiger partial charge >= 0.3 is 0 Å². The number of ether oxygens (including phenoxy) is 1. The molecule has 0 amide bonds. The number of aromatic amines is 1. The molecule has 2 heterocycles. The molecule has 0 bridgehead atoms. The highest BCUT2D eigenvalue weighted by atomic mass is 32.1. The van der Waals surface area contributed by atoms with Gasteiger partial charge in [-0.15, -0.1) is 0 Å². The first-order chi connectivity index (χ1) is 15.7. The molecule has 1 aliphatic rings. The van der Waals surface area contributed by atoms with Gasteiger partial charge in [-0.25, -0.2) is 4.98 Å². The van der Waals surface area contributed by atoms with Crippen LogP contribution in [0.4, 0.5) is 5.69 Å². The number of hydrogen-bond acceptors (Lipinski definition) is 4. The number of thiocarbonyl (C=S) groups is 1. The zero-order valence-electron chi connectivity index (χ0n) is 16.9. The van der Waals surface area contributed by atoms with Crippen LogP contribution in [-0.2, 0) is 4.74 Å². The van der Waals surface area contributed by atoms with E-state index >= 15 is 0 Å². The van der Waals surface area contributed by atoms with Crippen molar-refractivity contribution in [1.29, 1.82) is 0 Å². The second kappa shape index (κ2) is 8.56. The number of hydrogen-bond donors (Lipinski definition) is 1. The molecule has 1 aromatic heterocycles. The van der Waals surface area contributed by atoms with E-state index in [-0.39, 0.29) is 5.56 Å². The Hall–Kier alpha value is -4.10. The van der Waals surface area contributed by atoms with Crippen molar-refractivity contribution in [1.82, 2.24) is 9.97 Å². The molecule has 0 radical (unpaired) electrons. The lowest BCUT2D eigenvalue weighted by Crippen LogP contribution is -2.39. The standard InChI is InChI=1S/C25H18N4O2S/c30-23-19-13-7-8-14-20(19)26-21(27-23)15-16-22-28-25(32)29(18-11-5-2-6-12-18)24(31-22)17-9-3-1-4-10-17/h1-16,24H,(H,26,27,30)/b16-15-. The molecule has 1 aliphatic heterocycles. The van der Waals surface area contributed by atoms with Gasteiger partial charge in [0.25, 0.3) is 5.56 Å². The van der Waals surface area contributed by atoms with Gasteiger partial charge in [0.15, 0.2) is 0 Å². The number of benzene rings is 3. The molecular weight excluding hydrogens is 420 g/mol. The van der Waals surface area contributed by atoms with E-state index in [0.29, 0.717) is 27.7 Å². The van der Waals surface area contributed by atoms with E-state index < -0.39 is 6.23 Å². The van der Waals surface area contributed by atoms with Gasteiger partial charge in [0, 0.05) is 17.3 Å². The minimum absolute atomic E-state index is 0.199. The van der Waals surface area contributed by atoms with Gasteiger partial charge in [-0.05, 0) is 42.6 Å². The molecule has 1 N–H and O–H groups in total. The van der Waals surface area contributed by atoms with Gasteiger partial charge < -0.3 is 9.72 Å². The Balaban J connectivity index is 1.50. The number of fused-ring (bicyclic) bond motifs is 1. The lowest BCUT2D eigenvalue weighted by molar-refractivity contribution is 0.198. The van der Waals surface area contributed by atoms with Crippen LogP contribution in [0.5, 0.6) is 0 Å². The van der Waals surface area contributed by atoms with E-state index in [1.807, 2.05) is 77.7 Å². The second-order valence-corrected chi connectivity index (χ2v) is 7.49. The summed E-state index contributed by atoms with van der Waals surface area (Å²) in [6.45, 7) is 0. The molecular formula is C25H18N4O2S. The monoisotopic (exact) mass is 438 g/mol. The highest BCUT2D eigenvalue weighted by Gasteiger charge is 2.30. The molecule has 4 aromatic rings. The average Bonchev–Trinajstić information content (AvgIpc) is 2.83. The van der Waals surface area contributed by atoms with Gasteiger partial charge in [-0.2, -0.15) is 4.99 Å². The largest absolute Gasteiger partial charge is 0.449 e. The van der Waals surface area contributed by atoms with Gasteiger partial charge in [-0.1, -0.05) is 60.7 Å². The highest BCUT2D eigenvalue weighted by Crippen LogP contribution is 2.32. The highest BCUT2D eigenvalue weighted by molar-refractivity contribution is 7.80. The van der Waals surface area contributed by atoms with Crippen LogP contribution in [0, 0.1) is 0 Å². The summed E-state index contributed by atoms with van der Waals surface area (Å²) in [5, 5.41) is 0.927. The SMILES string of the molecule is O=c1[nH]c(/C=C\C2=NC(=S)N(c3ccccc3)C(c3ccccc3)O2)nc2ccccc12. The molecule has 1 atom stereocenters. The quantitative estimate of drug-likeness (QED) is 0.461. The molecule has 0 saturated carbocycles. The first kappa shape index (κ1) is 19.8. The van der Waals surface area contributed by atoms with Crippen LogP contribution in [0.1, 0.15) is 17.6 Å². The molecule has 0 saturated heterocycles. The lowest BCUT2D eigenvalue weighted by atomic mass is 10.1. The molecule has 32 heavy (non-hydrogen) atoms. The third-order valence-electron chi connectivity index (χ3n) is 5.01. The molecule has 5 rings (SSSR count). The molecule has 1 unspecified atom stereocenters. The van der Waals surface area contributed by atoms with Crippen molar-refractivity contribution < 1.29 is 4.74 Å². The van der Waals surface area contributed by atoms with Crippen molar-refractivity contribution >= 4 is 45.9 Å². The predicted molar refractivity (Wildman–Crippen MR) is 131 cm³/mol. The fourth-order valence-corrected chi connectivity index (χ4v) is 3.81. The van der Waals surface area contributed by atoms with Crippen molar-refractivity contribution in [3.8, 4) is 0 Å². The Labute approximate surface area is 189 Å². The van der Waals surface area contributed by atoms with Crippen LogP contribution in [-0.4, -0.2) is 21.0 Å². The summed E-state index contributed by atoms with van der Waals surface area (Å²) >= 11 is 5.63. The fraction of sp³-hybridized carbons (Fsp3) is 0.0400. The van der Waals surface area contributed by atoms with Gasteiger partial charge in [0.05, 0.1) is 10.9 Å². The molecule has 6 nitrogen and oxygen atoms in total. The van der Waals surface area contributed by atoms with Gasteiger partial charge in [0.2, 0.25) is 17.2 Å². The Morgan fingerprint density at radius 3 is 2.38 bits per heavy atom. The number of rotatable bonds is 4. The van der Waals surface area contributed by atoms with Crippen LogP contribution < -0.4 is 10.5 Å². The number of nitrogens with one attached hydrogen (secondary N) is 1. The Morgan fingerprint density at radius 2 is 1.59 bits per heavy atom. The molecule has 0 spiro atoms. The zero-order valence-corrected chi connectivity index (χ0v) is 17.7. The maximum Gasteiger partial charge on any atom is 0.259 e. The van der Waals surface area contributed by atoms with Gasteiger partial charge in [0.1, 0.15) is 5.82 Å². The summed E-state index contributed by atoms with van der Waals surface area (Å²) in [6.07, 6.45) is 2.85. The summed E-state index contributed by atoms with van der Waals surface area (Å²) in [6, 6.07) is 26.8. The number of aliphatic imine (C=N–C) groups is 1. The van der Waals surface area contributed by atoms with Gasteiger partial charge in [-0.3, -0.25) is 9.69 Å². The number of anilines is 1. The zero-order chi connectivity index (χ0) is 21.9. The number of H-pyrrole nitrogens is 1. The minimum Gasteiger partial charge on any atom is -0.449 e. The number of para-hydroxylation sites is 2. The average molecular weight is 439 g/mol. The van der Waals surface area contributed by atoms with E-state index in [2.05, 4.69) is 15.0 Å². The first-order valence-corrected chi connectivity index (χ1v) is 10.5.